The van der Waals surface area contributed by atoms with Gasteiger partial charge in [0.05, 0.1) is 17.5 Å². The Morgan fingerprint density at radius 3 is 2.74 bits per heavy atom. The van der Waals surface area contributed by atoms with Crippen LogP contribution in [-0.4, -0.2) is 41.9 Å². The second kappa shape index (κ2) is 7.48. The van der Waals surface area contributed by atoms with Crippen molar-refractivity contribution in [2.45, 2.75) is 19.9 Å². The minimum absolute atomic E-state index is 0.0378. The first kappa shape index (κ1) is 18.4. The third kappa shape index (κ3) is 3.91. The molecule has 2 aromatic rings. The van der Waals surface area contributed by atoms with Crippen LogP contribution in [0.4, 0.5) is 20.6 Å². The van der Waals surface area contributed by atoms with Crippen LogP contribution >= 0.6 is 0 Å². The Balaban J connectivity index is 1.71. The zero-order chi connectivity index (χ0) is 19.6. The lowest BCUT2D eigenvalue weighted by atomic mass is 10.2. The van der Waals surface area contributed by atoms with Crippen molar-refractivity contribution in [1.29, 1.82) is 0 Å². The second-order valence-corrected chi connectivity index (χ2v) is 6.13. The van der Waals surface area contributed by atoms with Crippen LogP contribution in [0.15, 0.2) is 34.9 Å². The Kier molecular flexibility index (Phi) is 5.11. The SMILES string of the molecule is Cc1occc1C(=O)Nc1cc(N[C@H](C)C(=O)N2CCNC2=O)ccc1F. The molecule has 142 valence electrons. The van der Waals surface area contributed by atoms with Crippen molar-refractivity contribution in [2.24, 2.45) is 0 Å². The highest BCUT2D eigenvalue weighted by atomic mass is 19.1. The van der Waals surface area contributed by atoms with Crippen LogP contribution in [0.5, 0.6) is 0 Å². The molecule has 0 unspecified atom stereocenters. The predicted octanol–water partition coefficient (Wildman–Crippen LogP) is 2.33. The van der Waals surface area contributed by atoms with E-state index in [4.69, 9.17) is 4.42 Å². The van der Waals surface area contributed by atoms with Gasteiger partial charge >= 0.3 is 6.03 Å². The first-order chi connectivity index (χ1) is 12.9. The van der Waals surface area contributed by atoms with Crippen molar-refractivity contribution in [3.05, 3.63) is 47.7 Å². The highest BCUT2D eigenvalue weighted by Gasteiger charge is 2.29. The quantitative estimate of drug-likeness (QED) is 0.745. The van der Waals surface area contributed by atoms with Crippen LogP contribution in [-0.2, 0) is 4.79 Å². The molecular formula is C18H19FN4O4. The summed E-state index contributed by atoms with van der Waals surface area (Å²) < 4.78 is 19.1. The molecule has 27 heavy (non-hydrogen) atoms. The molecular weight excluding hydrogens is 355 g/mol. The number of furan rings is 1. The minimum Gasteiger partial charge on any atom is -0.469 e. The summed E-state index contributed by atoms with van der Waals surface area (Å²) in [7, 11) is 0. The zero-order valence-electron chi connectivity index (χ0n) is 14.8. The normalized spacial score (nSPS) is 14.6. The van der Waals surface area contributed by atoms with Gasteiger partial charge in [-0.3, -0.25) is 14.5 Å². The molecule has 1 aliphatic rings. The van der Waals surface area contributed by atoms with Crippen LogP contribution in [0.25, 0.3) is 0 Å². The highest BCUT2D eigenvalue weighted by Crippen LogP contribution is 2.22. The Labute approximate surface area is 154 Å². The van der Waals surface area contributed by atoms with Crippen molar-refractivity contribution in [3.63, 3.8) is 0 Å². The van der Waals surface area contributed by atoms with E-state index in [9.17, 15) is 18.8 Å². The predicted molar refractivity (Wildman–Crippen MR) is 96.0 cm³/mol. The summed E-state index contributed by atoms with van der Waals surface area (Å²) in [6, 6.07) is 4.36. The van der Waals surface area contributed by atoms with Crippen LogP contribution < -0.4 is 16.0 Å². The molecule has 2 heterocycles. The van der Waals surface area contributed by atoms with Crippen LogP contribution in [0.2, 0.25) is 0 Å². The van der Waals surface area contributed by atoms with E-state index in [1.165, 1.54) is 30.5 Å². The number of imide groups is 1. The maximum atomic E-state index is 14.1. The molecule has 1 aromatic carbocycles. The Hall–Kier alpha value is -3.36. The standard InChI is InChI=1S/C18H19FN4O4/c1-10(17(25)23-7-6-20-18(23)26)21-12-3-4-14(19)15(9-12)22-16(24)13-5-8-27-11(13)2/h3-5,8-10,21H,6-7H2,1-2H3,(H,20,26)(H,22,24)/t10-/m1/s1. The lowest BCUT2D eigenvalue weighted by Gasteiger charge is -2.20. The molecule has 8 nitrogen and oxygen atoms in total. The first-order valence-electron chi connectivity index (χ1n) is 8.37. The molecule has 0 saturated carbocycles. The molecule has 1 saturated heterocycles. The number of hydrogen-bond acceptors (Lipinski definition) is 5. The van der Waals surface area contributed by atoms with Crippen LogP contribution in [0.1, 0.15) is 23.0 Å². The number of halogens is 1. The van der Waals surface area contributed by atoms with Crippen molar-refractivity contribution in [3.8, 4) is 0 Å². The molecule has 3 N–H and O–H groups in total. The monoisotopic (exact) mass is 374 g/mol. The Morgan fingerprint density at radius 1 is 1.33 bits per heavy atom. The number of nitrogens with one attached hydrogen (secondary N) is 3. The first-order valence-corrected chi connectivity index (χ1v) is 8.37. The number of amides is 4. The van der Waals surface area contributed by atoms with Gasteiger partial charge in [0, 0.05) is 18.8 Å². The molecule has 1 fully saturated rings. The number of nitrogens with zero attached hydrogens (tertiary/aromatic N) is 1. The van der Waals surface area contributed by atoms with Gasteiger partial charge in [-0.15, -0.1) is 0 Å². The highest BCUT2D eigenvalue weighted by molar-refractivity contribution is 6.05. The van der Waals surface area contributed by atoms with Gasteiger partial charge in [-0.1, -0.05) is 0 Å². The smallest absolute Gasteiger partial charge is 0.324 e. The molecule has 9 heteroatoms. The summed E-state index contributed by atoms with van der Waals surface area (Å²) in [5.41, 5.74) is 0.691. The van der Waals surface area contributed by atoms with Crippen molar-refractivity contribution in [2.75, 3.05) is 23.7 Å². The molecule has 1 aliphatic heterocycles. The zero-order valence-corrected chi connectivity index (χ0v) is 14.8. The molecule has 4 amide bonds. The molecule has 1 atom stereocenters. The minimum atomic E-state index is -0.709. The van der Waals surface area contributed by atoms with Crippen molar-refractivity contribution >= 4 is 29.2 Å². The van der Waals surface area contributed by atoms with Crippen LogP contribution in [0, 0.1) is 12.7 Å². The van der Waals surface area contributed by atoms with Gasteiger partial charge in [0.2, 0.25) is 0 Å². The lowest BCUT2D eigenvalue weighted by molar-refractivity contribution is -0.128. The number of benzene rings is 1. The Morgan fingerprint density at radius 2 is 2.11 bits per heavy atom. The largest absolute Gasteiger partial charge is 0.469 e. The fraction of sp³-hybridized carbons (Fsp3) is 0.278. The van der Waals surface area contributed by atoms with Gasteiger partial charge in [-0.2, -0.15) is 0 Å². The van der Waals surface area contributed by atoms with Gasteiger partial charge in [0.1, 0.15) is 17.6 Å². The fourth-order valence-corrected chi connectivity index (χ4v) is 2.75. The van der Waals surface area contributed by atoms with Gasteiger partial charge in [-0.05, 0) is 38.1 Å². The van der Waals surface area contributed by atoms with E-state index in [0.29, 0.717) is 30.1 Å². The van der Waals surface area contributed by atoms with E-state index >= 15 is 0 Å². The number of rotatable bonds is 5. The molecule has 0 radical (unpaired) electrons. The van der Waals surface area contributed by atoms with Crippen LogP contribution in [0.3, 0.4) is 0 Å². The number of carbonyl (C=O) groups excluding carboxylic acids is 3. The van der Waals surface area contributed by atoms with E-state index < -0.39 is 29.7 Å². The number of hydrogen-bond donors (Lipinski definition) is 3. The summed E-state index contributed by atoms with van der Waals surface area (Å²) >= 11 is 0. The second-order valence-electron chi connectivity index (χ2n) is 6.13. The summed E-state index contributed by atoms with van der Waals surface area (Å²) in [6.07, 6.45) is 1.38. The lowest BCUT2D eigenvalue weighted by Crippen LogP contribution is -2.43. The summed E-state index contributed by atoms with van der Waals surface area (Å²) in [6.45, 7) is 3.95. The average Bonchev–Trinajstić information content (AvgIpc) is 3.25. The van der Waals surface area contributed by atoms with E-state index in [-0.39, 0.29) is 5.69 Å². The maximum Gasteiger partial charge on any atom is 0.324 e. The summed E-state index contributed by atoms with van der Waals surface area (Å²) in [5, 5.41) is 7.96. The van der Waals surface area contributed by atoms with E-state index in [2.05, 4.69) is 16.0 Å². The van der Waals surface area contributed by atoms with Gasteiger partial charge in [-0.25, -0.2) is 9.18 Å². The number of carbonyl (C=O) groups is 3. The molecule has 0 bridgehead atoms. The Bertz CT molecular complexity index is 895. The van der Waals surface area contributed by atoms with Gasteiger partial charge < -0.3 is 20.4 Å². The maximum absolute atomic E-state index is 14.1. The van der Waals surface area contributed by atoms with E-state index in [1.54, 1.807) is 13.8 Å². The third-order valence-electron chi connectivity index (χ3n) is 4.19. The van der Waals surface area contributed by atoms with E-state index in [0.717, 1.165) is 4.90 Å². The van der Waals surface area contributed by atoms with Crippen molar-refractivity contribution < 1.29 is 23.2 Å². The third-order valence-corrected chi connectivity index (χ3v) is 4.19. The average molecular weight is 374 g/mol. The van der Waals surface area contributed by atoms with Gasteiger partial charge in [0.15, 0.2) is 0 Å². The molecule has 1 aromatic heterocycles. The molecule has 0 aliphatic carbocycles. The van der Waals surface area contributed by atoms with Gasteiger partial charge in [0.25, 0.3) is 11.8 Å². The number of aryl methyl sites for hydroxylation is 1. The molecule has 3 rings (SSSR count). The summed E-state index contributed by atoms with van der Waals surface area (Å²) in [4.78, 5) is 37.3. The number of anilines is 2. The topological polar surface area (TPSA) is 104 Å². The molecule has 0 spiro atoms. The number of urea groups is 1. The van der Waals surface area contributed by atoms with Crippen molar-refractivity contribution in [1.82, 2.24) is 10.2 Å². The van der Waals surface area contributed by atoms with E-state index in [1.807, 2.05) is 0 Å². The summed E-state index contributed by atoms with van der Waals surface area (Å²) in [5.74, 6) is -1.10. The fourth-order valence-electron chi connectivity index (χ4n) is 2.75.